The number of carbonyl (C=O) groups is 1. The number of para-hydroxylation sites is 1. The quantitative estimate of drug-likeness (QED) is 0.413. The number of aldehydes is 1. The Balaban J connectivity index is 2.67. The van der Waals surface area contributed by atoms with Gasteiger partial charge in [0.2, 0.25) is 0 Å². The zero-order chi connectivity index (χ0) is 12.5. The number of hydrogen-bond donors (Lipinski definition) is 0. The molecule has 0 aliphatic rings. The van der Waals surface area contributed by atoms with E-state index in [-0.39, 0.29) is 0 Å². The second-order valence-corrected chi connectivity index (χ2v) is 3.51. The molecule has 0 saturated heterocycles. The lowest BCUT2D eigenvalue weighted by atomic mass is 10.2. The SMILES string of the molecule is CCC=CCCOc1c(C=O)cccc1OC. The lowest BCUT2D eigenvalue weighted by Crippen LogP contribution is -2.01. The second kappa shape index (κ2) is 7.49. The normalized spacial score (nSPS) is 10.5. The van der Waals surface area contributed by atoms with Crippen molar-refractivity contribution >= 4 is 6.29 Å². The highest BCUT2D eigenvalue weighted by Crippen LogP contribution is 2.29. The molecule has 0 atom stereocenters. The first kappa shape index (κ1) is 13.3. The van der Waals surface area contributed by atoms with Crippen LogP contribution in [0.2, 0.25) is 0 Å². The van der Waals surface area contributed by atoms with E-state index in [4.69, 9.17) is 9.47 Å². The predicted molar refractivity (Wildman–Crippen MR) is 67.9 cm³/mol. The molecular weight excluding hydrogens is 216 g/mol. The van der Waals surface area contributed by atoms with Gasteiger partial charge in [0.15, 0.2) is 17.8 Å². The first-order valence-electron chi connectivity index (χ1n) is 5.73. The van der Waals surface area contributed by atoms with Gasteiger partial charge in [0, 0.05) is 0 Å². The summed E-state index contributed by atoms with van der Waals surface area (Å²) in [6, 6.07) is 5.27. The van der Waals surface area contributed by atoms with Crippen LogP contribution in [-0.2, 0) is 0 Å². The molecule has 0 N–H and O–H groups in total. The van der Waals surface area contributed by atoms with Crippen molar-refractivity contribution in [1.82, 2.24) is 0 Å². The van der Waals surface area contributed by atoms with Gasteiger partial charge in [0.1, 0.15) is 0 Å². The molecule has 17 heavy (non-hydrogen) atoms. The van der Waals surface area contributed by atoms with Gasteiger partial charge in [0.25, 0.3) is 0 Å². The van der Waals surface area contributed by atoms with Crippen molar-refractivity contribution in [3.05, 3.63) is 35.9 Å². The molecule has 0 unspecified atom stereocenters. The summed E-state index contributed by atoms with van der Waals surface area (Å²) in [7, 11) is 1.56. The highest BCUT2D eigenvalue weighted by atomic mass is 16.5. The highest BCUT2D eigenvalue weighted by Gasteiger charge is 2.09. The Hall–Kier alpha value is -1.77. The molecule has 92 valence electrons. The number of rotatable bonds is 7. The van der Waals surface area contributed by atoms with E-state index in [2.05, 4.69) is 19.1 Å². The fourth-order valence-electron chi connectivity index (χ4n) is 1.45. The third kappa shape index (κ3) is 3.94. The van der Waals surface area contributed by atoms with Crippen LogP contribution in [0.1, 0.15) is 30.1 Å². The van der Waals surface area contributed by atoms with Crippen LogP contribution in [0, 0.1) is 0 Å². The van der Waals surface area contributed by atoms with Crippen molar-refractivity contribution in [3.63, 3.8) is 0 Å². The van der Waals surface area contributed by atoms with Crippen LogP contribution in [0.4, 0.5) is 0 Å². The van der Waals surface area contributed by atoms with Crippen molar-refractivity contribution in [3.8, 4) is 11.5 Å². The Morgan fingerprint density at radius 2 is 2.12 bits per heavy atom. The first-order chi connectivity index (χ1) is 8.33. The number of allylic oxidation sites excluding steroid dienone is 1. The fourth-order valence-corrected chi connectivity index (χ4v) is 1.45. The molecule has 0 amide bonds. The Morgan fingerprint density at radius 3 is 2.76 bits per heavy atom. The van der Waals surface area contributed by atoms with Crippen LogP contribution < -0.4 is 9.47 Å². The van der Waals surface area contributed by atoms with Crippen LogP contribution in [0.25, 0.3) is 0 Å². The number of methoxy groups -OCH3 is 1. The molecule has 3 nitrogen and oxygen atoms in total. The number of hydrogen-bond acceptors (Lipinski definition) is 3. The Morgan fingerprint density at radius 1 is 1.29 bits per heavy atom. The summed E-state index contributed by atoms with van der Waals surface area (Å²) < 4.78 is 10.8. The van der Waals surface area contributed by atoms with Crippen molar-refractivity contribution in [1.29, 1.82) is 0 Å². The topological polar surface area (TPSA) is 35.5 Å². The molecule has 0 saturated carbocycles. The molecule has 1 aromatic carbocycles. The van der Waals surface area contributed by atoms with Gasteiger partial charge in [-0.05, 0) is 25.0 Å². The van der Waals surface area contributed by atoms with E-state index in [0.29, 0.717) is 23.7 Å². The van der Waals surface area contributed by atoms with Gasteiger partial charge >= 0.3 is 0 Å². The molecule has 0 aliphatic carbocycles. The minimum Gasteiger partial charge on any atom is -0.493 e. The predicted octanol–water partition coefficient (Wildman–Crippen LogP) is 3.24. The monoisotopic (exact) mass is 234 g/mol. The maximum absolute atomic E-state index is 10.9. The number of carbonyl (C=O) groups excluding carboxylic acids is 1. The van der Waals surface area contributed by atoms with Crippen LogP contribution in [0.5, 0.6) is 11.5 Å². The van der Waals surface area contributed by atoms with E-state index < -0.39 is 0 Å². The van der Waals surface area contributed by atoms with Gasteiger partial charge in [0.05, 0.1) is 19.3 Å². The van der Waals surface area contributed by atoms with E-state index in [1.807, 2.05) is 0 Å². The zero-order valence-electron chi connectivity index (χ0n) is 10.3. The molecule has 0 radical (unpaired) electrons. The standard InChI is InChI=1S/C14H18O3/c1-3-4-5-6-10-17-14-12(11-15)8-7-9-13(14)16-2/h4-5,7-9,11H,3,6,10H2,1-2H3. The summed E-state index contributed by atoms with van der Waals surface area (Å²) in [5.41, 5.74) is 0.517. The minimum absolute atomic E-state index is 0.517. The van der Waals surface area contributed by atoms with E-state index in [1.54, 1.807) is 25.3 Å². The largest absolute Gasteiger partial charge is 0.493 e. The summed E-state index contributed by atoms with van der Waals surface area (Å²) in [6.45, 7) is 2.62. The van der Waals surface area contributed by atoms with Crippen LogP contribution in [-0.4, -0.2) is 20.0 Å². The van der Waals surface area contributed by atoms with E-state index in [9.17, 15) is 4.79 Å². The van der Waals surface area contributed by atoms with E-state index in [1.165, 1.54) is 0 Å². The molecule has 3 heteroatoms. The average Bonchev–Trinajstić information content (AvgIpc) is 2.38. The molecule has 0 aliphatic heterocycles. The minimum atomic E-state index is 0.517. The third-order valence-corrected chi connectivity index (χ3v) is 2.29. The lowest BCUT2D eigenvalue weighted by molar-refractivity contribution is 0.111. The highest BCUT2D eigenvalue weighted by molar-refractivity contribution is 5.81. The maximum atomic E-state index is 10.9. The number of ether oxygens (including phenoxy) is 2. The van der Waals surface area contributed by atoms with Crippen molar-refractivity contribution in [2.45, 2.75) is 19.8 Å². The molecule has 0 fully saturated rings. The Kier molecular flexibility index (Phi) is 5.86. The van der Waals surface area contributed by atoms with Gasteiger partial charge in [-0.1, -0.05) is 25.1 Å². The molecule has 0 aromatic heterocycles. The van der Waals surface area contributed by atoms with Gasteiger partial charge in [-0.15, -0.1) is 0 Å². The molecule has 1 aromatic rings. The van der Waals surface area contributed by atoms with E-state index in [0.717, 1.165) is 19.1 Å². The smallest absolute Gasteiger partial charge is 0.171 e. The van der Waals surface area contributed by atoms with Gasteiger partial charge < -0.3 is 9.47 Å². The lowest BCUT2D eigenvalue weighted by Gasteiger charge is -2.11. The first-order valence-corrected chi connectivity index (χ1v) is 5.73. The molecule has 1 rings (SSSR count). The number of benzene rings is 1. The average molecular weight is 234 g/mol. The maximum Gasteiger partial charge on any atom is 0.171 e. The van der Waals surface area contributed by atoms with Gasteiger partial charge in [-0.3, -0.25) is 4.79 Å². The summed E-state index contributed by atoms with van der Waals surface area (Å²) in [6.07, 6.45) is 6.78. The van der Waals surface area contributed by atoms with Crippen LogP contribution in [0.3, 0.4) is 0 Å². The van der Waals surface area contributed by atoms with Gasteiger partial charge in [-0.2, -0.15) is 0 Å². The van der Waals surface area contributed by atoms with Gasteiger partial charge in [-0.25, -0.2) is 0 Å². The van der Waals surface area contributed by atoms with Crippen molar-refractivity contribution in [2.24, 2.45) is 0 Å². The Bertz CT molecular complexity index is 383. The van der Waals surface area contributed by atoms with Crippen LogP contribution in [0.15, 0.2) is 30.4 Å². The molecule has 0 heterocycles. The summed E-state index contributed by atoms with van der Waals surface area (Å²) >= 11 is 0. The second-order valence-electron chi connectivity index (χ2n) is 3.51. The zero-order valence-corrected chi connectivity index (χ0v) is 10.3. The van der Waals surface area contributed by atoms with E-state index >= 15 is 0 Å². The summed E-state index contributed by atoms with van der Waals surface area (Å²) in [5.74, 6) is 1.11. The Labute approximate surface area is 102 Å². The van der Waals surface area contributed by atoms with Crippen molar-refractivity contribution in [2.75, 3.05) is 13.7 Å². The molecular formula is C14H18O3. The summed E-state index contributed by atoms with van der Waals surface area (Å²) in [5, 5.41) is 0. The fraction of sp³-hybridized carbons (Fsp3) is 0.357. The van der Waals surface area contributed by atoms with Crippen molar-refractivity contribution < 1.29 is 14.3 Å². The molecule has 0 spiro atoms. The summed E-state index contributed by atoms with van der Waals surface area (Å²) in [4.78, 5) is 10.9. The third-order valence-electron chi connectivity index (χ3n) is 2.29. The molecule has 0 bridgehead atoms. The van der Waals surface area contributed by atoms with Crippen LogP contribution >= 0.6 is 0 Å².